The first-order valence-electron chi connectivity index (χ1n) is 11.3. The Morgan fingerprint density at radius 3 is 2.43 bits per heavy atom. The summed E-state index contributed by atoms with van der Waals surface area (Å²) >= 11 is 6.28. The van der Waals surface area contributed by atoms with Crippen molar-refractivity contribution >= 4 is 28.4 Å². The number of halogens is 1. The predicted octanol–water partition coefficient (Wildman–Crippen LogP) is 5.30. The number of aromatic nitrogens is 2. The molecule has 0 fully saturated rings. The summed E-state index contributed by atoms with van der Waals surface area (Å²) in [6.07, 6.45) is 0.562. The first kappa shape index (κ1) is 24.4. The number of fused-ring (bicyclic) bond motifs is 1. The SMILES string of the molecule is COc1ccc(CCNC(=O)[C@@H](C)n2nc(-c3ccccc3)c3cc(Cl)ccc32)c(OC)c1OC. The Morgan fingerprint density at radius 2 is 1.74 bits per heavy atom. The van der Waals surface area contributed by atoms with Gasteiger partial charge in [-0.15, -0.1) is 0 Å². The molecule has 0 saturated heterocycles. The minimum absolute atomic E-state index is 0.136. The van der Waals surface area contributed by atoms with Gasteiger partial charge in [0.1, 0.15) is 11.7 Å². The third-order valence-corrected chi connectivity index (χ3v) is 6.18. The van der Waals surface area contributed by atoms with E-state index in [9.17, 15) is 4.79 Å². The van der Waals surface area contributed by atoms with Crippen LogP contribution in [0.1, 0.15) is 18.5 Å². The van der Waals surface area contributed by atoms with Crippen LogP contribution in [0.3, 0.4) is 0 Å². The van der Waals surface area contributed by atoms with Crippen LogP contribution in [0.25, 0.3) is 22.2 Å². The molecule has 1 N–H and O–H groups in total. The Bertz CT molecular complexity index is 1340. The highest BCUT2D eigenvalue weighted by atomic mass is 35.5. The lowest BCUT2D eigenvalue weighted by Gasteiger charge is -2.17. The molecule has 0 aliphatic heterocycles. The molecule has 1 atom stereocenters. The molecule has 0 bridgehead atoms. The summed E-state index contributed by atoms with van der Waals surface area (Å²) < 4.78 is 18.1. The van der Waals surface area contributed by atoms with Crippen molar-refractivity contribution in [1.29, 1.82) is 0 Å². The van der Waals surface area contributed by atoms with E-state index in [1.54, 1.807) is 26.0 Å². The van der Waals surface area contributed by atoms with Gasteiger partial charge in [0.05, 0.1) is 26.8 Å². The maximum absolute atomic E-state index is 13.1. The number of carbonyl (C=O) groups excluding carboxylic acids is 1. The molecule has 0 aliphatic rings. The summed E-state index contributed by atoms with van der Waals surface area (Å²) in [6, 6.07) is 18.7. The second kappa shape index (κ2) is 10.7. The van der Waals surface area contributed by atoms with E-state index in [2.05, 4.69) is 5.32 Å². The molecule has 1 heterocycles. The molecule has 4 aromatic rings. The van der Waals surface area contributed by atoms with Crippen LogP contribution in [-0.4, -0.2) is 43.6 Å². The van der Waals surface area contributed by atoms with E-state index < -0.39 is 6.04 Å². The molecular formula is C27H28ClN3O4. The largest absolute Gasteiger partial charge is 0.493 e. The summed E-state index contributed by atoms with van der Waals surface area (Å²) in [4.78, 5) is 13.1. The molecule has 1 amide bonds. The maximum Gasteiger partial charge on any atom is 0.244 e. The standard InChI is InChI=1S/C27H28ClN3O4/c1-17(27(32)29-15-14-19-10-13-23(33-2)26(35-4)25(19)34-3)31-22-12-11-20(28)16-21(22)24(30-31)18-8-6-5-7-9-18/h5-13,16-17H,14-15H2,1-4H3,(H,29,32)/t17-/m1/s1. The van der Waals surface area contributed by atoms with Crippen molar-refractivity contribution in [2.75, 3.05) is 27.9 Å². The molecule has 4 rings (SSSR count). The van der Waals surface area contributed by atoms with E-state index in [-0.39, 0.29) is 5.91 Å². The fraction of sp³-hybridized carbons (Fsp3) is 0.259. The number of hydrogen-bond acceptors (Lipinski definition) is 5. The fourth-order valence-electron chi connectivity index (χ4n) is 4.16. The number of ether oxygens (including phenoxy) is 3. The Hall–Kier alpha value is -3.71. The Kier molecular flexibility index (Phi) is 7.46. The van der Waals surface area contributed by atoms with Crippen molar-refractivity contribution in [2.45, 2.75) is 19.4 Å². The van der Waals surface area contributed by atoms with Crippen LogP contribution < -0.4 is 19.5 Å². The second-order valence-electron chi connectivity index (χ2n) is 8.03. The number of hydrogen-bond donors (Lipinski definition) is 1. The van der Waals surface area contributed by atoms with Crippen LogP contribution in [0.4, 0.5) is 0 Å². The van der Waals surface area contributed by atoms with Gasteiger partial charge in [0, 0.05) is 28.1 Å². The van der Waals surface area contributed by atoms with Crippen molar-refractivity contribution in [3.63, 3.8) is 0 Å². The third-order valence-electron chi connectivity index (χ3n) is 5.94. The van der Waals surface area contributed by atoms with E-state index in [1.807, 2.05) is 67.6 Å². The lowest BCUT2D eigenvalue weighted by Crippen LogP contribution is -2.33. The van der Waals surface area contributed by atoms with Crippen LogP contribution in [0.2, 0.25) is 5.02 Å². The van der Waals surface area contributed by atoms with Crippen molar-refractivity contribution in [3.8, 4) is 28.5 Å². The number of nitrogens with zero attached hydrogens (tertiary/aromatic N) is 2. The lowest BCUT2D eigenvalue weighted by molar-refractivity contribution is -0.124. The second-order valence-corrected chi connectivity index (χ2v) is 8.47. The summed E-state index contributed by atoms with van der Waals surface area (Å²) in [5.41, 5.74) is 3.51. The summed E-state index contributed by atoms with van der Waals surface area (Å²) in [6.45, 7) is 2.26. The zero-order valence-corrected chi connectivity index (χ0v) is 20.9. The average molecular weight is 494 g/mol. The van der Waals surface area contributed by atoms with Crippen LogP contribution in [-0.2, 0) is 11.2 Å². The highest BCUT2D eigenvalue weighted by Gasteiger charge is 2.22. The van der Waals surface area contributed by atoms with Gasteiger partial charge >= 0.3 is 0 Å². The Morgan fingerprint density at radius 1 is 1.00 bits per heavy atom. The highest BCUT2D eigenvalue weighted by Crippen LogP contribution is 2.39. The predicted molar refractivity (Wildman–Crippen MR) is 138 cm³/mol. The van der Waals surface area contributed by atoms with Crippen LogP contribution in [0.5, 0.6) is 17.2 Å². The quantitative estimate of drug-likeness (QED) is 0.342. The van der Waals surface area contributed by atoms with Gasteiger partial charge in [-0.3, -0.25) is 9.48 Å². The van der Waals surface area contributed by atoms with E-state index >= 15 is 0 Å². The van der Waals surface area contributed by atoms with Crippen LogP contribution in [0.15, 0.2) is 60.7 Å². The van der Waals surface area contributed by atoms with Gasteiger partial charge in [-0.25, -0.2) is 0 Å². The monoisotopic (exact) mass is 493 g/mol. The topological polar surface area (TPSA) is 74.6 Å². The molecule has 35 heavy (non-hydrogen) atoms. The van der Waals surface area contributed by atoms with Gasteiger partial charge in [0.15, 0.2) is 11.5 Å². The number of carbonyl (C=O) groups is 1. The van der Waals surface area contributed by atoms with E-state index in [1.165, 1.54) is 0 Å². The van der Waals surface area contributed by atoms with Crippen molar-refractivity contribution in [1.82, 2.24) is 15.1 Å². The molecule has 8 heteroatoms. The normalized spacial score (nSPS) is 11.8. The van der Waals surface area contributed by atoms with Crippen LogP contribution in [0, 0.1) is 0 Å². The minimum atomic E-state index is -0.525. The maximum atomic E-state index is 13.1. The van der Waals surface area contributed by atoms with Gasteiger partial charge in [-0.2, -0.15) is 5.10 Å². The molecule has 1 aromatic heterocycles. The summed E-state index contributed by atoms with van der Waals surface area (Å²) in [5, 5.41) is 9.34. The van der Waals surface area contributed by atoms with Gasteiger partial charge in [0.25, 0.3) is 0 Å². The molecule has 0 saturated carbocycles. The molecular weight excluding hydrogens is 466 g/mol. The zero-order chi connectivity index (χ0) is 24.9. The Labute approximate surface area is 209 Å². The molecule has 0 radical (unpaired) electrons. The number of nitrogens with one attached hydrogen (secondary N) is 1. The highest BCUT2D eigenvalue weighted by molar-refractivity contribution is 6.31. The van der Waals surface area contributed by atoms with Crippen LogP contribution >= 0.6 is 11.6 Å². The van der Waals surface area contributed by atoms with Gasteiger partial charge in [-0.05, 0) is 37.6 Å². The molecule has 182 valence electrons. The van der Waals surface area contributed by atoms with Crippen molar-refractivity contribution < 1.29 is 19.0 Å². The van der Waals surface area contributed by atoms with E-state index in [0.717, 1.165) is 27.7 Å². The van der Waals surface area contributed by atoms with Gasteiger partial charge < -0.3 is 19.5 Å². The first-order chi connectivity index (χ1) is 17.0. The number of methoxy groups -OCH3 is 3. The number of benzene rings is 3. The molecule has 3 aromatic carbocycles. The van der Waals surface area contributed by atoms with Gasteiger partial charge in [-0.1, -0.05) is 48.0 Å². The van der Waals surface area contributed by atoms with E-state index in [4.69, 9.17) is 30.9 Å². The van der Waals surface area contributed by atoms with Gasteiger partial charge in [0.2, 0.25) is 11.7 Å². The smallest absolute Gasteiger partial charge is 0.244 e. The first-order valence-corrected chi connectivity index (χ1v) is 11.6. The summed E-state index contributed by atoms with van der Waals surface area (Å²) in [5.74, 6) is 1.58. The fourth-order valence-corrected chi connectivity index (χ4v) is 4.33. The Balaban J connectivity index is 1.54. The minimum Gasteiger partial charge on any atom is -0.493 e. The summed E-state index contributed by atoms with van der Waals surface area (Å²) in [7, 11) is 4.73. The zero-order valence-electron chi connectivity index (χ0n) is 20.2. The lowest BCUT2D eigenvalue weighted by atomic mass is 10.1. The molecule has 0 aliphatic carbocycles. The van der Waals surface area contributed by atoms with Crippen molar-refractivity contribution in [3.05, 3.63) is 71.2 Å². The number of rotatable bonds is 9. The molecule has 7 nitrogen and oxygen atoms in total. The molecule has 0 spiro atoms. The third kappa shape index (κ3) is 4.91. The van der Waals surface area contributed by atoms with Crippen molar-refractivity contribution in [2.24, 2.45) is 0 Å². The van der Waals surface area contributed by atoms with E-state index in [0.29, 0.717) is 35.2 Å². The number of amides is 1. The average Bonchev–Trinajstić information content (AvgIpc) is 3.26. The molecule has 0 unspecified atom stereocenters.